The maximum atomic E-state index is 9.97. The normalized spacial score (nSPS) is 9.74. The molecular weight excluding hydrogens is 393 g/mol. The van der Waals surface area contributed by atoms with Gasteiger partial charge in [-0.15, -0.1) is 0 Å². The summed E-state index contributed by atoms with van der Waals surface area (Å²) in [6.07, 6.45) is 5.01. The SMILES string of the molecule is O=C([O-])/C=C/c1ccccc1.O=C([O-])/C=C/c1ccccc1.[Cd+2]. The molecule has 4 nitrogen and oxygen atoms in total. The van der Waals surface area contributed by atoms with Crippen molar-refractivity contribution in [1.82, 2.24) is 0 Å². The van der Waals surface area contributed by atoms with E-state index in [1.165, 1.54) is 12.2 Å². The number of carbonyl (C=O) groups excluding carboxylic acids is 2. The Morgan fingerprint density at radius 2 is 0.957 bits per heavy atom. The van der Waals surface area contributed by atoms with Gasteiger partial charge in [0.25, 0.3) is 0 Å². The molecule has 0 amide bonds. The number of rotatable bonds is 4. The zero-order valence-corrected chi connectivity index (χ0v) is 16.5. The van der Waals surface area contributed by atoms with Gasteiger partial charge in [0.15, 0.2) is 0 Å². The topological polar surface area (TPSA) is 80.3 Å². The molecular formula is C18H14CdO4. The zero-order chi connectivity index (χ0) is 16.2. The molecule has 0 N–H and O–H groups in total. The number of hydrogen-bond acceptors (Lipinski definition) is 4. The molecule has 0 radical (unpaired) electrons. The van der Waals surface area contributed by atoms with E-state index in [0.29, 0.717) is 0 Å². The van der Waals surface area contributed by atoms with Gasteiger partial charge in [0.2, 0.25) is 0 Å². The number of benzene rings is 2. The first-order valence-corrected chi connectivity index (χ1v) is 6.46. The molecule has 5 heteroatoms. The van der Waals surface area contributed by atoms with Gasteiger partial charge in [0.1, 0.15) is 0 Å². The van der Waals surface area contributed by atoms with Crippen molar-refractivity contribution >= 4 is 24.1 Å². The van der Waals surface area contributed by atoms with E-state index in [0.717, 1.165) is 23.3 Å². The van der Waals surface area contributed by atoms with Crippen molar-refractivity contribution in [2.45, 2.75) is 0 Å². The third-order valence-corrected chi connectivity index (χ3v) is 2.42. The summed E-state index contributed by atoms with van der Waals surface area (Å²) in [4.78, 5) is 19.9. The number of hydrogen-bond donors (Lipinski definition) is 0. The fraction of sp³-hybridized carbons (Fsp3) is 0. The molecule has 2 aromatic carbocycles. The maximum Gasteiger partial charge on any atom is 2.00 e. The van der Waals surface area contributed by atoms with Crippen molar-refractivity contribution in [2.24, 2.45) is 0 Å². The Bertz CT molecular complexity index is 590. The summed E-state index contributed by atoms with van der Waals surface area (Å²) in [7, 11) is 0. The Kier molecular flexibility index (Phi) is 11.1. The molecule has 0 bridgehead atoms. The van der Waals surface area contributed by atoms with Crippen LogP contribution in [0.25, 0.3) is 12.2 Å². The smallest absolute Gasteiger partial charge is 0.545 e. The summed E-state index contributed by atoms with van der Waals surface area (Å²) >= 11 is 0. The molecule has 0 aliphatic carbocycles. The molecule has 0 saturated heterocycles. The molecule has 0 aromatic heterocycles. The molecule has 0 spiro atoms. The van der Waals surface area contributed by atoms with Crippen molar-refractivity contribution in [3.05, 3.63) is 83.9 Å². The summed E-state index contributed by atoms with van der Waals surface area (Å²) in [5.41, 5.74) is 1.72. The monoisotopic (exact) mass is 408 g/mol. The van der Waals surface area contributed by atoms with E-state index < -0.39 is 11.9 Å². The molecule has 2 rings (SSSR count). The van der Waals surface area contributed by atoms with Crippen LogP contribution < -0.4 is 10.2 Å². The van der Waals surface area contributed by atoms with Crippen molar-refractivity contribution in [2.75, 3.05) is 0 Å². The quantitative estimate of drug-likeness (QED) is 0.558. The molecule has 0 aliphatic rings. The third-order valence-electron chi connectivity index (χ3n) is 2.42. The minimum Gasteiger partial charge on any atom is -0.545 e. The van der Waals surface area contributed by atoms with Crippen LogP contribution in [0.1, 0.15) is 11.1 Å². The van der Waals surface area contributed by atoms with E-state index in [2.05, 4.69) is 0 Å². The summed E-state index contributed by atoms with van der Waals surface area (Å²) in [6, 6.07) is 18.4. The van der Waals surface area contributed by atoms with Crippen molar-refractivity contribution in [3.8, 4) is 0 Å². The van der Waals surface area contributed by atoms with Gasteiger partial charge < -0.3 is 19.8 Å². The molecule has 0 heterocycles. The molecule has 23 heavy (non-hydrogen) atoms. The van der Waals surface area contributed by atoms with Gasteiger partial charge in [0, 0.05) is 0 Å². The largest absolute Gasteiger partial charge is 2.00 e. The molecule has 0 saturated carbocycles. The predicted molar refractivity (Wildman–Crippen MR) is 81.0 cm³/mol. The van der Waals surface area contributed by atoms with Gasteiger partial charge >= 0.3 is 27.3 Å². The molecule has 0 atom stereocenters. The summed E-state index contributed by atoms with van der Waals surface area (Å²) in [5.74, 6) is -2.34. The van der Waals surface area contributed by atoms with E-state index in [1.54, 1.807) is 0 Å². The van der Waals surface area contributed by atoms with Gasteiger partial charge in [-0.25, -0.2) is 0 Å². The Labute approximate surface area is 154 Å². The van der Waals surface area contributed by atoms with Crippen LogP contribution in [0, 0.1) is 0 Å². The van der Waals surface area contributed by atoms with Crippen molar-refractivity contribution in [3.63, 3.8) is 0 Å². The fourth-order valence-electron chi connectivity index (χ4n) is 1.46. The second-order valence-corrected chi connectivity index (χ2v) is 4.13. The molecule has 0 unspecified atom stereocenters. The Balaban J connectivity index is 0.000000403. The predicted octanol–water partition coefficient (Wildman–Crippen LogP) is 0.897. The first kappa shape index (κ1) is 20.8. The minimum atomic E-state index is -1.17. The summed E-state index contributed by atoms with van der Waals surface area (Å²) in [5, 5.41) is 19.9. The number of carboxylic acids is 2. The van der Waals surface area contributed by atoms with Crippen molar-refractivity contribution in [1.29, 1.82) is 0 Å². The molecule has 0 aliphatic heterocycles. The fourth-order valence-corrected chi connectivity index (χ4v) is 1.46. The zero-order valence-electron chi connectivity index (χ0n) is 12.4. The standard InChI is InChI=1S/2C9H8O2.Cd/c2*10-9(11)7-6-8-4-2-1-3-5-8;/h2*1-7H,(H,10,11);/q;;+2/p-2/b2*7-6+;. The summed E-state index contributed by atoms with van der Waals surface area (Å²) < 4.78 is 0. The minimum absolute atomic E-state index is 0. The third kappa shape index (κ3) is 11.1. The van der Waals surface area contributed by atoms with Crippen LogP contribution >= 0.6 is 0 Å². The Hall–Kier alpha value is -2.22. The van der Waals surface area contributed by atoms with Crippen LogP contribution in [0.3, 0.4) is 0 Å². The van der Waals surface area contributed by atoms with E-state index in [4.69, 9.17) is 0 Å². The van der Waals surface area contributed by atoms with Gasteiger partial charge in [-0.2, -0.15) is 0 Å². The van der Waals surface area contributed by atoms with Crippen LogP contribution in [0.2, 0.25) is 0 Å². The average Bonchev–Trinajstić information content (AvgIpc) is 2.53. The van der Waals surface area contributed by atoms with Crippen LogP contribution in [0.15, 0.2) is 72.8 Å². The first-order chi connectivity index (χ1) is 10.6. The number of aliphatic carboxylic acids is 2. The second kappa shape index (κ2) is 12.3. The van der Waals surface area contributed by atoms with Crippen LogP contribution in [-0.4, -0.2) is 11.9 Å². The first-order valence-electron chi connectivity index (χ1n) is 6.46. The van der Waals surface area contributed by atoms with Crippen LogP contribution in [0.4, 0.5) is 0 Å². The molecule has 0 fully saturated rings. The van der Waals surface area contributed by atoms with E-state index in [-0.39, 0.29) is 27.3 Å². The van der Waals surface area contributed by atoms with Crippen LogP contribution in [-0.2, 0) is 36.9 Å². The molecule has 112 valence electrons. The maximum absolute atomic E-state index is 9.97. The van der Waals surface area contributed by atoms with E-state index in [9.17, 15) is 19.8 Å². The van der Waals surface area contributed by atoms with Gasteiger partial charge in [-0.1, -0.05) is 72.8 Å². The van der Waals surface area contributed by atoms with E-state index in [1.807, 2.05) is 60.7 Å². The van der Waals surface area contributed by atoms with Gasteiger partial charge in [0.05, 0.1) is 11.9 Å². The molecule has 2 aromatic rings. The van der Waals surface area contributed by atoms with Gasteiger partial charge in [-0.3, -0.25) is 0 Å². The van der Waals surface area contributed by atoms with E-state index >= 15 is 0 Å². The average molecular weight is 407 g/mol. The summed E-state index contributed by atoms with van der Waals surface area (Å²) in [6.45, 7) is 0. The van der Waals surface area contributed by atoms with Crippen LogP contribution in [0.5, 0.6) is 0 Å². The Morgan fingerprint density at radius 3 is 1.22 bits per heavy atom. The number of carboxylic acid groups (broad SMARTS) is 2. The Morgan fingerprint density at radius 1 is 0.652 bits per heavy atom. The van der Waals surface area contributed by atoms with Crippen molar-refractivity contribution < 1.29 is 47.1 Å². The second-order valence-electron chi connectivity index (χ2n) is 4.13. The number of carbonyl (C=O) groups is 2. The van der Waals surface area contributed by atoms with Gasteiger partial charge in [-0.05, 0) is 23.3 Å².